The minimum atomic E-state index is -4.60. The van der Waals surface area contributed by atoms with Gasteiger partial charge in [-0.15, -0.1) is 0 Å². The van der Waals surface area contributed by atoms with Crippen molar-refractivity contribution in [1.82, 2.24) is 15.2 Å². The van der Waals surface area contributed by atoms with Crippen LogP contribution in [0.15, 0.2) is 78.4 Å². The van der Waals surface area contributed by atoms with E-state index in [4.69, 9.17) is 9.47 Å². The Kier molecular flexibility index (Phi) is 11.5. The van der Waals surface area contributed by atoms with Crippen molar-refractivity contribution in [2.45, 2.75) is 43.9 Å². The zero-order valence-electron chi connectivity index (χ0n) is 26.3. The third kappa shape index (κ3) is 8.37. The summed E-state index contributed by atoms with van der Waals surface area (Å²) in [6, 6.07) is 15.5. The number of halogens is 4. The summed E-state index contributed by atoms with van der Waals surface area (Å²) < 4.78 is 52.4. The highest BCUT2D eigenvalue weighted by Crippen LogP contribution is 2.37. The number of amides is 2. The van der Waals surface area contributed by atoms with Gasteiger partial charge in [-0.2, -0.15) is 13.2 Å². The Morgan fingerprint density at radius 2 is 1.82 bits per heavy atom. The molecule has 0 bridgehead atoms. The van der Waals surface area contributed by atoms with Crippen LogP contribution in [0.1, 0.15) is 33.6 Å². The van der Waals surface area contributed by atoms with Gasteiger partial charge in [0.25, 0.3) is 5.91 Å². The van der Waals surface area contributed by atoms with Crippen LogP contribution in [0.2, 0.25) is 0 Å². The average Bonchev–Trinajstić information content (AvgIpc) is 3.51. The van der Waals surface area contributed by atoms with Gasteiger partial charge in [0.05, 0.1) is 35.5 Å². The van der Waals surface area contributed by atoms with Gasteiger partial charge in [0, 0.05) is 48.3 Å². The summed E-state index contributed by atoms with van der Waals surface area (Å²) in [5.41, 5.74) is 1.44. The van der Waals surface area contributed by atoms with Crippen LogP contribution in [-0.2, 0) is 24.0 Å². The highest BCUT2D eigenvalue weighted by atomic mass is 127. The zero-order chi connectivity index (χ0) is 35.3. The van der Waals surface area contributed by atoms with Gasteiger partial charge in [-0.3, -0.25) is 9.59 Å². The zero-order valence-corrected chi connectivity index (χ0v) is 28.5. The van der Waals surface area contributed by atoms with Crippen LogP contribution in [0.3, 0.4) is 0 Å². The molecule has 0 radical (unpaired) electrons. The molecule has 0 aliphatic heterocycles. The van der Waals surface area contributed by atoms with E-state index in [0.717, 1.165) is 40.9 Å². The van der Waals surface area contributed by atoms with Crippen molar-refractivity contribution in [2.75, 3.05) is 26.8 Å². The molecule has 3 atom stereocenters. The molecule has 10 nitrogen and oxygen atoms in total. The second-order valence-electron chi connectivity index (χ2n) is 11.5. The molecule has 4 aromatic rings. The fourth-order valence-electron chi connectivity index (χ4n) is 5.79. The van der Waals surface area contributed by atoms with E-state index < -0.39 is 41.8 Å². The van der Waals surface area contributed by atoms with E-state index in [9.17, 15) is 38.1 Å². The normalized spacial score (nSPS) is 17.8. The number of fused-ring (bicyclic) bond motifs is 1. The maximum absolute atomic E-state index is 14.2. The number of rotatable bonds is 12. The largest absolute Gasteiger partial charge is 0.493 e. The van der Waals surface area contributed by atoms with Crippen LogP contribution in [-0.4, -0.2) is 82.1 Å². The summed E-state index contributed by atoms with van der Waals surface area (Å²) in [4.78, 5) is 32.1. The van der Waals surface area contributed by atoms with E-state index in [2.05, 4.69) is 10.3 Å². The third-order valence-electron chi connectivity index (χ3n) is 8.27. The molecule has 3 aromatic carbocycles. The molecule has 2 amide bonds. The predicted molar refractivity (Wildman–Crippen MR) is 183 cm³/mol. The lowest BCUT2D eigenvalue weighted by Gasteiger charge is -2.40. The predicted octanol–water partition coefficient (Wildman–Crippen LogP) is 4.59. The second-order valence-corrected chi connectivity index (χ2v) is 12.7. The number of carbonyl (C=O) groups excluding carboxylic acids is 2. The second kappa shape index (κ2) is 15.6. The van der Waals surface area contributed by atoms with Gasteiger partial charge in [-0.25, -0.2) is 0 Å². The van der Waals surface area contributed by atoms with Crippen molar-refractivity contribution < 1.29 is 47.6 Å². The number of nitrogens with zero attached hydrogens (tertiary/aromatic N) is 1. The van der Waals surface area contributed by atoms with Crippen LogP contribution in [0.25, 0.3) is 10.9 Å². The summed E-state index contributed by atoms with van der Waals surface area (Å²) in [7, 11) is 1.41. The summed E-state index contributed by atoms with van der Waals surface area (Å²) in [5, 5.41) is 34.4. The van der Waals surface area contributed by atoms with Crippen molar-refractivity contribution in [3.05, 3.63) is 104 Å². The van der Waals surface area contributed by atoms with Crippen LogP contribution >= 0.6 is 22.6 Å². The topological polar surface area (TPSA) is 144 Å². The van der Waals surface area contributed by atoms with Crippen molar-refractivity contribution in [3.63, 3.8) is 0 Å². The lowest BCUT2D eigenvalue weighted by Crippen LogP contribution is -2.55. The first-order chi connectivity index (χ1) is 23.4. The summed E-state index contributed by atoms with van der Waals surface area (Å²) >= 11 is 2.00. The van der Waals surface area contributed by atoms with Gasteiger partial charge in [0.2, 0.25) is 5.91 Å². The molecule has 1 aromatic heterocycles. The van der Waals surface area contributed by atoms with Crippen molar-refractivity contribution in [3.8, 4) is 11.5 Å². The van der Waals surface area contributed by atoms with Gasteiger partial charge in [0.15, 0.2) is 11.5 Å². The van der Waals surface area contributed by atoms with Crippen LogP contribution < -0.4 is 14.8 Å². The lowest BCUT2D eigenvalue weighted by atomic mass is 9.87. The Bertz CT molecular complexity index is 1790. The molecule has 5 N–H and O–H groups in total. The SMILES string of the molecule is COc1cc(CO)cc(I)c1O[C@H]1C=C(C(=O)NCCO)C[C@@H](N(CCc2cc3ccccc3[nH]2)C(=O)c2ccc(C(F)(F)F)cc2)[C@@H]1O. The molecule has 0 saturated carbocycles. The number of aliphatic hydroxyl groups excluding tert-OH is 3. The number of nitrogens with one attached hydrogen (secondary N) is 2. The molecule has 49 heavy (non-hydrogen) atoms. The molecule has 14 heteroatoms. The molecular formula is C35H35F3IN3O7. The van der Waals surface area contributed by atoms with Gasteiger partial charge in [0.1, 0.15) is 12.2 Å². The van der Waals surface area contributed by atoms with Crippen molar-refractivity contribution in [2.24, 2.45) is 0 Å². The van der Waals surface area contributed by atoms with Gasteiger partial charge in [-0.1, -0.05) is 18.2 Å². The number of benzene rings is 3. The number of aromatic amines is 1. The molecule has 0 saturated heterocycles. The highest BCUT2D eigenvalue weighted by Gasteiger charge is 2.41. The van der Waals surface area contributed by atoms with Gasteiger partial charge in [-0.05, 0) is 88.1 Å². The Morgan fingerprint density at radius 3 is 2.47 bits per heavy atom. The molecule has 0 spiro atoms. The number of aromatic nitrogens is 1. The number of hydrogen-bond acceptors (Lipinski definition) is 7. The fourth-order valence-corrected chi connectivity index (χ4v) is 6.58. The first-order valence-corrected chi connectivity index (χ1v) is 16.5. The van der Waals surface area contributed by atoms with Crippen molar-refractivity contribution in [1.29, 1.82) is 0 Å². The molecule has 0 unspecified atom stereocenters. The van der Waals surface area contributed by atoms with Crippen LogP contribution in [0.4, 0.5) is 13.2 Å². The number of methoxy groups -OCH3 is 1. The lowest BCUT2D eigenvalue weighted by molar-refractivity contribution is -0.137. The summed E-state index contributed by atoms with van der Waals surface area (Å²) in [5.74, 6) is -0.699. The average molecular weight is 794 g/mol. The minimum absolute atomic E-state index is 0.0265. The van der Waals surface area contributed by atoms with E-state index >= 15 is 0 Å². The molecule has 1 aliphatic carbocycles. The number of H-pyrrole nitrogens is 1. The van der Waals surface area contributed by atoms with E-state index in [0.29, 0.717) is 15.6 Å². The molecule has 260 valence electrons. The highest BCUT2D eigenvalue weighted by molar-refractivity contribution is 14.1. The van der Waals surface area contributed by atoms with Crippen molar-refractivity contribution >= 4 is 45.3 Å². The Morgan fingerprint density at radius 1 is 1.08 bits per heavy atom. The Labute approximate surface area is 293 Å². The molecule has 0 fully saturated rings. The molecule has 1 aliphatic rings. The maximum atomic E-state index is 14.2. The fraction of sp³-hybridized carbons (Fsp3) is 0.314. The number of alkyl halides is 3. The van der Waals surface area contributed by atoms with Gasteiger partial charge >= 0.3 is 6.18 Å². The smallest absolute Gasteiger partial charge is 0.416 e. The van der Waals surface area contributed by atoms with E-state index in [1.54, 1.807) is 12.1 Å². The maximum Gasteiger partial charge on any atom is 0.416 e. The third-order valence-corrected chi connectivity index (χ3v) is 9.07. The van der Waals surface area contributed by atoms with E-state index in [1.807, 2.05) is 52.9 Å². The quantitative estimate of drug-likeness (QED) is 0.132. The monoisotopic (exact) mass is 793 g/mol. The first kappa shape index (κ1) is 36.2. The molecule has 5 rings (SSSR count). The molecular weight excluding hydrogens is 758 g/mol. The van der Waals surface area contributed by atoms with Crippen LogP contribution in [0, 0.1) is 3.57 Å². The van der Waals surface area contributed by atoms with E-state index in [1.165, 1.54) is 18.1 Å². The Hall–Kier alpha value is -4.12. The number of ether oxygens (including phenoxy) is 2. The van der Waals surface area contributed by atoms with E-state index in [-0.39, 0.29) is 55.4 Å². The standard InChI is InChI=1S/C35H35F3IN3O7/c1-48-30-15-20(19-44)14-26(39)32(30)49-29-18-23(33(46)40-11-13-43)17-28(31(29)45)42(12-10-25-16-22-4-2-3-5-27(22)41-25)34(47)21-6-8-24(9-7-21)35(36,37)38/h2-9,14-16,18,28-29,31,41,43-45H,10-13,17,19H2,1H3,(H,40,46)/t28-,29+,31+/m1/s1. The van der Waals surface area contributed by atoms with Crippen LogP contribution in [0.5, 0.6) is 11.5 Å². The van der Waals surface area contributed by atoms with Gasteiger partial charge < -0.3 is 40.0 Å². The summed E-state index contributed by atoms with van der Waals surface area (Å²) in [6.07, 6.45) is -5.58. The minimum Gasteiger partial charge on any atom is -0.493 e. The number of aliphatic hydroxyl groups is 3. The number of carbonyl (C=O) groups is 2. The summed E-state index contributed by atoms with van der Waals surface area (Å²) in [6.45, 7) is -0.593. The Balaban J connectivity index is 1.53. The number of para-hydroxylation sites is 1. The molecule has 1 heterocycles. The number of hydrogen-bond donors (Lipinski definition) is 5. The first-order valence-electron chi connectivity index (χ1n) is 15.4.